The minimum absolute atomic E-state index is 0.168. The summed E-state index contributed by atoms with van der Waals surface area (Å²) in [6.07, 6.45) is 1.87. The maximum Gasteiger partial charge on any atom is 0.242 e. The molecule has 136 valence electrons. The molecule has 1 heterocycles. The zero-order valence-corrected chi connectivity index (χ0v) is 15.8. The summed E-state index contributed by atoms with van der Waals surface area (Å²) in [7, 11) is 0. The molecule has 0 saturated heterocycles. The van der Waals surface area contributed by atoms with Crippen LogP contribution < -0.4 is 10.2 Å². The van der Waals surface area contributed by atoms with Crippen molar-refractivity contribution in [2.45, 2.75) is 33.2 Å². The van der Waals surface area contributed by atoms with E-state index in [0.29, 0.717) is 18.1 Å². The molecule has 26 heavy (non-hydrogen) atoms. The molecule has 0 bridgehead atoms. The first kappa shape index (κ1) is 18.5. The molecule has 0 spiro atoms. The van der Waals surface area contributed by atoms with Gasteiger partial charge in [0.25, 0.3) is 0 Å². The Morgan fingerprint density at radius 1 is 1.12 bits per heavy atom. The number of nitrogens with one attached hydrogen (secondary N) is 1. The van der Waals surface area contributed by atoms with Crippen LogP contribution >= 0.6 is 11.6 Å². The number of carbonyl (C=O) groups is 2. The Morgan fingerprint density at radius 2 is 1.81 bits per heavy atom. The Bertz CT molecular complexity index is 815. The number of para-hydroxylation sites is 1. The van der Waals surface area contributed by atoms with Gasteiger partial charge in [-0.25, -0.2) is 0 Å². The van der Waals surface area contributed by atoms with E-state index < -0.39 is 5.41 Å². The summed E-state index contributed by atoms with van der Waals surface area (Å²) in [4.78, 5) is 27.6. The molecule has 0 aliphatic carbocycles. The van der Waals surface area contributed by atoms with Crippen LogP contribution in [0.2, 0.25) is 5.02 Å². The quantitative estimate of drug-likeness (QED) is 0.828. The van der Waals surface area contributed by atoms with Gasteiger partial charge < -0.3 is 10.2 Å². The van der Waals surface area contributed by atoms with E-state index in [1.807, 2.05) is 36.4 Å². The van der Waals surface area contributed by atoms with Crippen molar-refractivity contribution in [3.63, 3.8) is 0 Å². The third kappa shape index (κ3) is 3.75. The van der Waals surface area contributed by atoms with Crippen LogP contribution in [0.5, 0.6) is 0 Å². The van der Waals surface area contributed by atoms with E-state index in [1.54, 1.807) is 30.9 Å². The summed E-state index contributed by atoms with van der Waals surface area (Å²) in [5, 5.41) is 3.53. The van der Waals surface area contributed by atoms with Crippen LogP contribution in [0.25, 0.3) is 0 Å². The fourth-order valence-corrected chi connectivity index (χ4v) is 3.31. The summed E-state index contributed by atoms with van der Waals surface area (Å²) in [6.45, 7) is 4.38. The largest absolute Gasteiger partial charge is 0.351 e. The molecule has 0 aromatic heterocycles. The maximum absolute atomic E-state index is 13.1. The van der Waals surface area contributed by atoms with Crippen LogP contribution in [0.1, 0.15) is 31.4 Å². The van der Waals surface area contributed by atoms with Gasteiger partial charge in [0.15, 0.2) is 0 Å². The number of halogens is 1. The fourth-order valence-electron chi connectivity index (χ4n) is 3.18. The molecule has 1 aliphatic heterocycles. The van der Waals surface area contributed by atoms with E-state index in [0.717, 1.165) is 29.7 Å². The van der Waals surface area contributed by atoms with Crippen molar-refractivity contribution >= 4 is 29.1 Å². The van der Waals surface area contributed by atoms with Crippen molar-refractivity contribution in [1.29, 1.82) is 0 Å². The molecular weight excluding hydrogens is 348 g/mol. The highest BCUT2D eigenvalue weighted by atomic mass is 35.5. The molecule has 0 radical (unpaired) electrons. The summed E-state index contributed by atoms with van der Waals surface area (Å²) in [5.41, 5.74) is 1.87. The molecule has 0 fully saturated rings. The van der Waals surface area contributed by atoms with Gasteiger partial charge in [-0.05, 0) is 56.0 Å². The van der Waals surface area contributed by atoms with Crippen LogP contribution in [0.4, 0.5) is 5.69 Å². The number of hydrogen-bond acceptors (Lipinski definition) is 2. The van der Waals surface area contributed by atoms with Gasteiger partial charge >= 0.3 is 0 Å². The van der Waals surface area contributed by atoms with Crippen LogP contribution in [-0.2, 0) is 22.6 Å². The zero-order valence-electron chi connectivity index (χ0n) is 15.1. The minimum atomic E-state index is -1.14. The number of rotatable bonds is 4. The van der Waals surface area contributed by atoms with Crippen molar-refractivity contribution < 1.29 is 9.59 Å². The Hall–Kier alpha value is -2.33. The molecule has 1 aliphatic rings. The van der Waals surface area contributed by atoms with Crippen LogP contribution in [-0.4, -0.2) is 18.4 Å². The van der Waals surface area contributed by atoms with Gasteiger partial charge in [-0.3, -0.25) is 9.59 Å². The second kappa shape index (κ2) is 7.50. The Morgan fingerprint density at radius 3 is 2.54 bits per heavy atom. The van der Waals surface area contributed by atoms with E-state index in [4.69, 9.17) is 11.6 Å². The molecule has 4 nitrogen and oxygen atoms in total. The van der Waals surface area contributed by atoms with E-state index in [2.05, 4.69) is 5.32 Å². The first-order valence-electron chi connectivity index (χ1n) is 8.82. The predicted molar refractivity (Wildman–Crippen MR) is 104 cm³/mol. The first-order valence-corrected chi connectivity index (χ1v) is 9.20. The molecule has 0 atom stereocenters. The SMILES string of the molecule is CC(C)(C(=O)NCc1ccc(Cl)cc1)C(=O)N1CCCc2ccccc21. The number of fused-ring (bicyclic) bond motifs is 1. The lowest BCUT2D eigenvalue weighted by atomic mass is 9.88. The Kier molecular flexibility index (Phi) is 5.33. The van der Waals surface area contributed by atoms with E-state index in [1.165, 1.54) is 0 Å². The topological polar surface area (TPSA) is 49.4 Å². The van der Waals surface area contributed by atoms with Gasteiger partial charge in [-0.15, -0.1) is 0 Å². The smallest absolute Gasteiger partial charge is 0.242 e. The monoisotopic (exact) mass is 370 g/mol. The third-order valence-electron chi connectivity index (χ3n) is 4.82. The first-order chi connectivity index (χ1) is 12.4. The highest BCUT2D eigenvalue weighted by Crippen LogP contribution is 2.31. The Balaban J connectivity index is 1.71. The average molecular weight is 371 g/mol. The number of benzene rings is 2. The summed E-state index contributed by atoms with van der Waals surface area (Å²) < 4.78 is 0. The average Bonchev–Trinajstić information content (AvgIpc) is 2.66. The Labute approximate surface area is 159 Å². The number of amides is 2. The van der Waals surface area contributed by atoms with Crippen molar-refractivity contribution in [2.24, 2.45) is 5.41 Å². The fraction of sp³-hybridized carbons (Fsp3) is 0.333. The lowest BCUT2D eigenvalue weighted by Gasteiger charge is -2.35. The number of anilines is 1. The second-order valence-electron chi connectivity index (χ2n) is 7.12. The molecule has 2 aromatic carbocycles. The third-order valence-corrected chi connectivity index (χ3v) is 5.08. The summed E-state index contributed by atoms with van der Waals surface area (Å²) in [6, 6.07) is 15.2. The molecule has 2 amide bonds. The summed E-state index contributed by atoms with van der Waals surface area (Å²) >= 11 is 5.88. The predicted octanol–water partition coefficient (Wildman–Crippen LogP) is 3.96. The van der Waals surface area contributed by atoms with Crippen molar-refractivity contribution in [3.05, 3.63) is 64.7 Å². The van der Waals surface area contributed by atoms with E-state index in [9.17, 15) is 9.59 Å². The van der Waals surface area contributed by atoms with Gasteiger partial charge in [0.05, 0.1) is 0 Å². The van der Waals surface area contributed by atoms with Crippen molar-refractivity contribution in [1.82, 2.24) is 5.32 Å². The van der Waals surface area contributed by atoms with Gasteiger partial charge in [-0.1, -0.05) is 41.9 Å². The molecule has 3 rings (SSSR count). The molecule has 5 heteroatoms. The van der Waals surface area contributed by atoms with E-state index >= 15 is 0 Å². The van der Waals surface area contributed by atoms with Crippen LogP contribution in [0, 0.1) is 5.41 Å². The van der Waals surface area contributed by atoms with Crippen LogP contribution in [0.3, 0.4) is 0 Å². The number of hydrogen-bond donors (Lipinski definition) is 1. The lowest BCUT2D eigenvalue weighted by molar-refractivity contribution is -0.140. The number of carbonyl (C=O) groups excluding carboxylic acids is 2. The van der Waals surface area contributed by atoms with Gasteiger partial charge in [0.2, 0.25) is 11.8 Å². The number of aryl methyl sites for hydroxylation is 1. The standard InChI is InChI=1S/C21H23ClN2O2/c1-21(2,19(25)23-14-15-9-11-17(22)12-10-15)20(26)24-13-5-7-16-6-3-4-8-18(16)24/h3-4,6,8-12H,5,7,13-14H2,1-2H3,(H,23,25). The van der Waals surface area contributed by atoms with Crippen LogP contribution in [0.15, 0.2) is 48.5 Å². The molecular formula is C21H23ClN2O2. The molecule has 0 unspecified atom stereocenters. The highest BCUT2D eigenvalue weighted by molar-refractivity contribution is 6.30. The highest BCUT2D eigenvalue weighted by Gasteiger charge is 2.40. The molecule has 1 N–H and O–H groups in total. The van der Waals surface area contributed by atoms with Gasteiger partial charge in [0.1, 0.15) is 5.41 Å². The molecule has 0 saturated carbocycles. The van der Waals surface area contributed by atoms with Gasteiger partial charge in [0, 0.05) is 23.8 Å². The van der Waals surface area contributed by atoms with E-state index in [-0.39, 0.29) is 11.8 Å². The number of nitrogens with zero attached hydrogens (tertiary/aromatic N) is 1. The summed E-state index contributed by atoms with van der Waals surface area (Å²) in [5.74, 6) is -0.446. The van der Waals surface area contributed by atoms with Crippen molar-refractivity contribution in [2.75, 3.05) is 11.4 Å². The normalized spacial score (nSPS) is 13.9. The lowest BCUT2D eigenvalue weighted by Crippen LogP contribution is -2.50. The van der Waals surface area contributed by atoms with Crippen molar-refractivity contribution in [3.8, 4) is 0 Å². The second-order valence-corrected chi connectivity index (χ2v) is 7.56. The molecule has 2 aromatic rings. The zero-order chi connectivity index (χ0) is 18.7. The maximum atomic E-state index is 13.1. The van der Waals surface area contributed by atoms with Gasteiger partial charge in [-0.2, -0.15) is 0 Å². The minimum Gasteiger partial charge on any atom is -0.351 e.